The first kappa shape index (κ1) is 8.72. The molecule has 0 aliphatic carbocycles. The van der Waals surface area contributed by atoms with E-state index in [1.165, 1.54) is 0 Å². The van der Waals surface area contributed by atoms with Crippen molar-refractivity contribution in [1.29, 1.82) is 0 Å². The molecule has 3 N–H and O–H groups in total. The minimum Gasteiger partial charge on any atom is -0.380 e. The Hall–Kier alpha value is -0.870. The highest BCUT2D eigenvalue weighted by Crippen LogP contribution is 2.30. The van der Waals surface area contributed by atoms with Crippen LogP contribution in [0.3, 0.4) is 0 Å². The van der Waals surface area contributed by atoms with Crippen LogP contribution in [-0.2, 0) is 16.7 Å². The average Bonchev–Trinajstić information content (AvgIpc) is 2.72. The fourth-order valence-electron chi connectivity index (χ4n) is 1.65. The van der Waals surface area contributed by atoms with Crippen molar-refractivity contribution in [1.82, 2.24) is 9.97 Å². The van der Waals surface area contributed by atoms with Gasteiger partial charge in [0.05, 0.1) is 13.2 Å². The molecule has 1 fully saturated rings. The molecule has 13 heavy (non-hydrogen) atoms. The Morgan fingerprint density at radius 1 is 1.77 bits per heavy atom. The number of aromatic amines is 1. The first-order valence-electron chi connectivity index (χ1n) is 4.57. The predicted octanol–water partition coefficient (Wildman–Crippen LogP) is 0.546. The maximum absolute atomic E-state index is 5.48. The van der Waals surface area contributed by atoms with E-state index in [2.05, 4.69) is 16.9 Å². The van der Waals surface area contributed by atoms with E-state index in [1.54, 1.807) is 0 Å². The van der Waals surface area contributed by atoms with Crippen LogP contribution in [0.2, 0.25) is 0 Å². The molecule has 1 aromatic heterocycles. The van der Waals surface area contributed by atoms with Crippen LogP contribution >= 0.6 is 0 Å². The molecule has 1 atom stereocenters. The zero-order valence-electron chi connectivity index (χ0n) is 7.84. The van der Waals surface area contributed by atoms with Gasteiger partial charge >= 0.3 is 0 Å². The number of rotatable bonds is 2. The molecule has 1 aromatic rings. The topological polar surface area (TPSA) is 63.9 Å². The SMILES string of the molecule is CC1(c2cnc(CN)[nH]2)CCOC1. The van der Waals surface area contributed by atoms with Crippen molar-refractivity contribution in [3.8, 4) is 0 Å². The lowest BCUT2D eigenvalue weighted by molar-refractivity contribution is 0.180. The third kappa shape index (κ3) is 1.47. The van der Waals surface area contributed by atoms with Gasteiger partial charge in [-0.15, -0.1) is 0 Å². The van der Waals surface area contributed by atoms with Crippen LogP contribution in [0.5, 0.6) is 0 Å². The quantitative estimate of drug-likeness (QED) is 0.700. The Bertz CT molecular complexity index is 289. The Morgan fingerprint density at radius 3 is 3.15 bits per heavy atom. The standard InChI is InChI=1S/C9H15N3O/c1-9(2-3-13-6-9)7-5-11-8(4-10)12-7/h5H,2-4,6,10H2,1H3,(H,11,12). The number of hydrogen-bond acceptors (Lipinski definition) is 3. The predicted molar refractivity (Wildman–Crippen MR) is 49.3 cm³/mol. The number of imidazole rings is 1. The van der Waals surface area contributed by atoms with E-state index in [0.29, 0.717) is 6.54 Å². The lowest BCUT2D eigenvalue weighted by Crippen LogP contribution is -2.22. The van der Waals surface area contributed by atoms with Crippen LogP contribution in [0.4, 0.5) is 0 Å². The number of nitrogens with one attached hydrogen (secondary N) is 1. The molecule has 2 rings (SSSR count). The van der Waals surface area contributed by atoms with Gasteiger partial charge < -0.3 is 15.5 Å². The van der Waals surface area contributed by atoms with Crippen LogP contribution in [0.25, 0.3) is 0 Å². The summed E-state index contributed by atoms with van der Waals surface area (Å²) in [6.07, 6.45) is 2.93. The molecule has 0 aromatic carbocycles. The lowest BCUT2D eigenvalue weighted by atomic mass is 9.87. The fraction of sp³-hybridized carbons (Fsp3) is 0.667. The molecule has 0 spiro atoms. The van der Waals surface area contributed by atoms with Crippen molar-refractivity contribution < 1.29 is 4.74 Å². The van der Waals surface area contributed by atoms with Gasteiger partial charge in [-0.3, -0.25) is 0 Å². The van der Waals surface area contributed by atoms with Crippen LogP contribution < -0.4 is 5.73 Å². The summed E-state index contributed by atoms with van der Waals surface area (Å²) in [5.41, 5.74) is 6.74. The molecule has 1 saturated heterocycles. The van der Waals surface area contributed by atoms with Crippen molar-refractivity contribution in [3.63, 3.8) is 0 Å². The third-order valence-corrected chi connectivity index (χ3v) is 2.69. The van der Waals surface area contributed by atoms with Gasteiger partial charge in [0.25, 0.3) is 0 Å². The van der Waals surface area contributed by atoms with Crippen LogP contribution in [0.1, 0.15) is 24.9 Å². The van der Waals surface area contributed by atoms with E-state index in [0.717, 1.165) is 31.2 Å². The van der Waals surface area contributed by atoms with Crippen LogP contribution in [-0.4, -0.2) is 23.2 Å². The van der Waals surface area contributed by atoms with E-state index in [9.17, 15) is 0 Å². The molecule has 4 nitrogen and oxygen atoms in total. The third-order valence-electron chi connectivity index (χ3n) is 2.69. The molecule has 72 valence electrons. The molecule has 1 aliphatic rings. The molecule has 0 saturated carbocycles. The molecular weight excluding hydrogens is 166 g/mol. The number of nitrogens with zero attached hydrogens (tertiary/aromatic N) is 1. The summed E-state index contributed by atoms with van der Waals surface area (Å²) in [7, 11) is 0. The highest BCUT2D eigenvalue weighted by molar-refractivity contribution is 5.15. The van der Waals surface area contributed by atoms with E-state index in [1.807, 2.05) is 6.20 Å². The first-order valence-corrected chi connectivity index (χ1v) is 4.57. The summed E-state index contributed by atoms with van der Waals surface area (Å²) >= 11 is 0. The summed E-state index contributed by atoms with van der Waals surface area (Å²) < 4.78 is 5.38. The second kappa shape index (κ2) is 3.12. The van der Waals surface area contributed by atoms with Gasteiger partial charge in [-0.05, 0) is 6.42 Å². The van der Waals surface area contributed by atoms with Gasteiger partial charge in [0, 0.05) is 23.9 Å². The summed E-state index contributed by atoms with van der Waals surface area (Å²) in [5.74, 6) is 0.850. The largest absolute Gasteiger partial charge is 0.380 e. The van der Waals surface area contributed by atoms with Crippen LogP contribution in [0, 0.1) is 0 Å². The summed E-state index contributed by atoms with van der Waals surface area (Å²) in [5, 5.41) is 0. The Balaban J connectivity index is 2.23. The molecular formula is C9H15N3O. The second-order valence-electron chi connectivity index (χ2n) is 3.81. The van der Waals surface area contributed by atoms with Gasteiger partial charge in [-0.25, -0.2) is 4.98 Å². The molecule has 0 bridgehead atoms. The number of hydrogen-bond donors (Lipinski definition) is 2. The Morgan fingerprint density at radius 2 is 2.62 bits per heavy atom. The normalized spacial score (nSPS) is 28.2. The van der Waals surface area contributed by atoms with E-state index >= 15 is 0 Å². The van der Waals surface area contributed by atoms with Crippen molar-refractivity contribution >= 4 is 0 Å². The summed E-state index contributed by atoms with van der Waals surface area (Å²) in [6, 6.07) is 0. The summed E-state index contributed by atoms with van der Waals surface area (Å²) in [6.45, 7) is 4.28. The maximum atomic E-state index is 5.48. The first-order chi connectivity index (χ1) is 6.24. The van der Waals surface area contributed by atoms with Crippen LogP contribution in [0.15, 0.2) is 6.20 Å². The van der Waals surface area contributed by atoms with E-state index in [4.69, 9.17) is 10.5 Å². The molecule has 4 heteroatoms. The van der Waals surface area contributed by atoms with Crippen molar-refractivity contribution in [2.45, 2.75) is 25.3 Å². The van der Waals surface area contributed by atoms with Crippen molar-refractivity contribution in [2.24, 2.45) is 5.73 Å². The van der Waals surface area contributed by atoms with E-state index in [-0.39, 0.29) is 5.41 Å². The second-order valence-corrected chi connectivity index (χ2v) is 3.81. The van der Waals surface area contributed by atoms with Gasteiger partial charge in [-0.1, -0.05) is 6.92 Å². The number of H-pyrrole nitrogens is 1. The molecule has 1 aliphatic heterocycles. The minimum absolute atomic E-state index is 0.112. The average molecular weight is 181 g/mol. The minimum atomic E-state index is 0.112. The van der Waals surface area contributed by atoms with Crippen molar-refractivity contribution in [3.05, 3.63) is 17.7 Å². The Kier molecular flexibility index (Phi) is 2.09. The monoisotopic (exact) mass is 181 g/mol. The zero-order valence-corrected chi connectivity index (χ0v) is 7.84. The Labute approximate surface area is 77.5 Å². The zero-order chi connectivity index (χ0) is 9.31. The molecule has 0 amide bonds. The van der Waals surface area contributed by atoms with Gasteiger partial charge in [0.2, 0.25) is 0 Å². The highest BCUT2D eigenvalue weighted by Gasteiger charge is 2.33. The summed E-state index contributed by atoms with van der Waals surface area (Å²) in [4.78, 5) is 7.42. The highest BCUT2D eigenvalue weighted by atomic mass is 16.5. The van der Waals surface area contributed by atoms with E-state index < -0.39 is 0 Å². The van der Waals surface area contributed by atoms with Gasteiger partial charge in [0.15, 0.2) is 0 Å². The van der Waals surface area contributed by atoms with Gasteiger partial charge in [-0.2, -0.15) is 0 Å². The molecule has 0 radical (unpaired) electrons. The van der Waals surface area contributed by atoms with Crippen molar-refractivity contribution in [2.75, 3.05) is 13.2 Å². The molecule has 1 unspecified atom stereocenters. The number of nitrogens with two attached hydrogens (primary N) is 1. The molecule has 2 heterocycles. The smallest absolute Gasteiger partial charge is 0.120 e. The lowest BCUT2D eigenvalue weighted by Gasteiger charge is -2.18. The number of ether oxygens (including phenoxy) is 1. The van der Waals surface area contributed by atoms with Gasteiger partial charge in [0.1, 0.15) is 5.82 Å². The number of aromatic nitrogens is 2. The maximum Gasteiger partial charge on any atom is 0.120 e. The fourth-order valence-corrected chi connectivity index (χ4v) is 1.65.